The third-order valence-electron chi connectivity index (χ3n) is 4.02. The van der Waals surface area contributed by atoms with Crippen LogP contribution in [0.15, 0.2) is 24.4 Å². The number of pyridine rings is 1. The Bertz CT molecular complexity index is 402. The van der Waals surface area contributed by atoms with Gasteiger partial charge >= 0.3 is 0 Å². The van der Waals surface area contributed by atoms with Crippen LogP contribution in [0.4, 0.5) is 0 Å². The van der Waals surface area contributed by atoms with E-state index < -0.39 is 0 Å². The summed E-state index contributed by atoms with van der Waals surface area (Å²) in [7, 11) is 0. The Morgan fingerprint density at radius 3 is 2.85 bits per heavy atom. The van der Waals surface area contributed by atoms with Crippen LogP contribution in [0, 0.1) is 5.92 Å². The lowest BCUT2D eigenvalue weighted by atomic mass is 10.0. The molecular formula is C16H24N2O2. The van der Waals surface area contributed by atoms with E-state index in [1.807, 2.05) is 18.2 Å². The summed E-state index contributed by atoms with van der Waals surface area (Å²) in [4.78, 5) is 16.1. The molecule has 1 aromatic rings. The van der Waals surface area contributed by atoms with Gasteiger partial charge in [0.2, 0.25) is 5.91 Å². The Labute approximate surface area is 120 Å². The molecule has 0 radical (unpaired) electrons. The minimum Gasteiger partial charge on any atom is -0.394 e. The molecule has 20 heavy (non-hydrogen) atoms. The van der Waals surface area contributed by atoms with Crippen LogP contribution in [0.5, 0.6) is 0 Å². The lowest BCUT2D eigenvalue weighted by Crippen LogP contribution is -2.39. The van der Waals surface area contributed by atoms with Gasteiger partial charge in [-0.05, 0) is 24.5 Å². The Morgan fingerprint density at radius 1 is 1.40 bits per heavy atom. The van der Waals surface area contributed by atoms with Crippen molar-refractivity contribution in [2.45, 2.75) is 51.0 Å². The number of aromatic nitrogens is 1. The summed E-state index contributed by atoms with van der Waals surface area (Å²) < 4.78 is 0. The maximum atomic E-state index is 11.9. The van der Waals surface area contributed by atoms with E-state index in [4.69, 9.17) is 0 Å². The SMILES string of the molecule is O=C(CCC1CCCC1)N[C@@H](CO)Cc1ccccn1. The molecule has 1 saturated carbocycles. The molecule has 2 N–H and O–H groups in total. The molecule has 0 saturated heterocycles. The second-order valence-corrected chi connectivity index (χ2v) is 5.66. The summed E-state index contributed by atoms with van der Waals surface area (Å²) in [5, 5.41) is 12.3. The number of aliphatic hydroxyl groups excluding tert-OH is 1. The van der Waals surface area contributed by atoms with E-state index in [-0.39, 0.29) is 18.6 Å². The Kier molecular flexibility index (Phi) is 5.99. The van der Waals surface area contributed by atoms with Gasteiger partial charge in [-0.15, -0.1) is 0 Å². The third-order valence-corrected chi connectivity index (χ3v) is 4.02. The number of hydrogen-bond donors (Lipinski definition) is 2. The van der Waals surface area contributed by atoms with Crippen LogP contribution in [0.2, 0.25) is 0 Å². The van der Waals surface area contributed by atoms with E-state index in [9.17, 15) is 9.90 Å². The largest absolute Gasteiger partial charge is 0.394 e. The minimum atomic E-state index is -0.235. The lowest BCUT2D eigenvalue weighted by molar-refractivity contribution is -0.122. The number of rotatable bonds is 7. The van der Waals surface area contributed by atoms with Crippen molar-refractivity contribution in [3.8, 4) is 0 Å². The fourth-order valence-corrected chi connectivity index (χ4v) is 2.87. The molecule has 4 heteroatoms. The summed E-state index contributed by atoms with van der Waals surface area (Å²) >= 11 is 0. The van der Waals surface area contributed by atoms with Crippen LogP contribution in [0.25, 0.3) is 0 Å². The molecule has 110 valence electrons. The van der Waals surface area contributed by atoms with Gasteiger partial charge in [0, 0.05) is 24.7 Å². The maximum absolute atomic E-state index is 11.9. The molecule has 1 amide bonds. The van der Waals surface area contributed by atoms with Crippen LogP contribution in [0.1, 0.15) is 44.2 Å². The third kappa shape index (κ3) is 4.93. The summed E-state index contributed by atoms with van der Waals surface area (Å²) in [5.41, 5.74) is 0.891. The molecule has 0 spiro atoms. The Hall–Kier alpha value is -1.42. The quantitative estimate of drug-likeness (QED) is 0.801. The zero-order valence-corrected chi connectivity index (χ0v) is 11.9. The standard InChI is InChI=1S/C16H24N2O2/c19-12-15(11-14-7-3-4-10-17-14)18-16(20)9-8-13-5-1-2-6-13/h3-4,7,10,13,15,19H,1-2,5-6,8-9,11-12H2,(H,18,20)/t15-/m1/s1. The number of hydrogen-bond acceptors (Lipinski definition) is 3. The van der Waals surface area contributed by atoms with Crippen molar-refractivity contribution in [1.82, 2.24) is 10.3 Å². The molecule has 1 atom stereocenters. The van der Waals surface area contributed by atoms with Crippen molar-refractivity contribution in [3.63, 3.8) is 0 Å². The highest BCUT2D eigenvalue weighted by atomic mass is 16.3. The topological polar surface area (TPSA) is 62.2 Å². The van der Waals surface area contributed by atoms with E-state index in [0.29, 0.717) is 12.8 Å². The van der Waals surface area contributed by atoms with Gasteiger partial charge in [-0.2, -0.15) is 0 Å². The van der Waals surface area contributed by atoms with Gasteiger partial charge in [0.25, 0.3) is 0 Å². The first-order valence-corrected chi connectivity index (χ1v) is 7.58. The summed E-state index contributed by atoms with van der Waals surface area (Å²) in [5.74, 6) is 0.774. The van der Waals surface area contributed by atoms with Crippen molar-refractivity contribution < 1.29 is 9.90 Å². The van der Waals surface area contributed by atoms with Gasteiger partial charge in [0.15, 0.2) is 0 Å². The number of amides is 1. The number of aliphatic hydroxyl groups is 1. The smallest absolute Gasteiger partial charge is 0.220 e. The minimum absolute atomic E-state index is 0.0480. The molecule has 0 bridgehead atoms. The van der Waals surface area contributed by atoms with Crippen molar-refractivity contribution >= 4 is 5.91 Å². The number of carbonyl (C=O) groups excluding carboxylic acids is 1. The highest BCUT2D eigenvalue weighted by Crippen LogP contribution is 2.28. The average Bonchev–Trinajstić information content (AvgIpc) is 2.99. The van der Waals surface area contributed by atoms with E-state index in [0.717, 1.165) is 18.0 Å². The second kappa shape index (κ2) is 8.00. The molecule has 4 nitrogen and oxygen atoms in total. The molecule has 0 aromatic carbocycles. The van der Waals surface area contributed by atoms with Gasteiger partial charge in [0.1, 0.15) is 0 Å². The summed E-state index contributed by atoms with van der Waals surface area (Å²) in [6.07, 6.45) is 9.01. The van der Waals surface area contributed by atoms with Gasteiger partial charge in [-0.25, -0.2) is 0 Å². The van der Waals surface area contributed by atoms with Gasteiger partial charge in [-0.1, -0.05) is 31.7 Å². The van der Waals surface area contributed by atoms with E-state index >= 15 is 0 Å². The van der Waals surface area contributed by atoms with Crippen LogP contribution < -0.4 is 5.32 Å². The number of carbonyl (C=O) groups is 1. The van der Waals surface area contributed by atoms with E-state index in [1.54, 1.807) is 6.20 Å². The Balaban J connectivity index is 1.72. The van der Waals surface area contributed by atoms with Crippen molar-refractivity contribution in [2.75, 3.05) is 6.61 Å². The lowest BCUT2D eigenvalue weighted by Gasteiger charge is -2.16. The van der Waals surface area contributed by atoms with Gasteiger partial charge < -0.3 is 10.4 Å². The maximum Gasteiger partial charge on any atom is 0.220 e. The van der Waals surface area contributed by atoms with Crippen LogP contribution in [-0.2, 0) is 11.2 Å². The van der Waals surface area contributed by atoms with E-state index in [2.05, 4.69) is 10.3 Å². The molecule has 1 fully saturated rings. The zero-order valence-electron chi connectivity index (χ0n) is 11.9. The van der Waals surface area contributed by atoms with Crippen LogP contribution in [0.3, 0.4) is 0 Å². The highest BCUT2D eigenvalue weighted by molar-refractivity contribution is 5.76. The second-order valence-electron chi connectivity index (χ2n) is 5.66. The first-order valence-electron chi connectivity index (χ1n) is 7.58. The van der Waals surface area contributed by atoms with Gasteiger partial charge in [-0.3, -0.25) is 9.78 Å². The average molecular weight is 276 g/mol. The predicted molar refractivity (Wildman–Crippen MR) is 78.1 cm³/mol. The monoisotopic (exact) mass is 276 g/mol. The first-order chi connectivity index (χ1) is 9.78. The number of nitrogens with one attached hydrogen (secondary N) is 1. The fraction of sp³-hybridized carbons (Fsp3) is 0.625. The molecule has 0 unspecified atom stereocenters. The Morgan fingerprint density at radius 2 is 2.20 bits per heavy atom. The zero-order chi connectivity index (χ0) is 14.2. The molecule has 0 aliphatic heterocycles. The molecule has 1 heterocycles. The molecular weight excluding hydrogens is 252 g/mol. The predicted octanol–water partition coefficient (Wildman–Crippen LogP) is 2.07. The first kappa shape index (κ1) is 15.0. The van der Waals surface area contributed by atoms with Crippen molar-refractivity contribution in [3.05, 3.63) is 30.1 Å². The van der Waals surface area contributed by atoms with Gasteiger partial charge in [0.05, 0.1) is 12.6 Å². The highest BCUT2D eigenvalue weighted by Gasteiger charge is 2.17. The molecule has 2 rings (SSSR count). The summed E-state index contributed by atoms with van der Waals surface area (Å²) in [6, 6.07) is 5.45. The van der Waals surface area contributed by atoms with Crippen molar-refractivity contribution in [2.24, 2.45) is 5.92 Å². The number of nitrogens with zero attached hydrogens (tertiary/aromatic N) is 1. The normalized spacial score (nSPS) is 17.1. The van der Waals surface area contributed by atoms with E-state index in [1.165, 1.54) is 25.7 Å². The molecule has 1 aromatic heterocycles. The molecule has 1 aliphatic carbocycles. The fourth-order valence-electron chi connectivity index (χ4n) is 2.87. The van der Waals surface area contributed by atoms with Crippen molar-refractivity contribution in [1.29, 1.82) is 0 Å². The van der Waals surface area contributed by atoms with Crippen LogP contribution >= 0.6 is 0 Å². The van der Waals surface area contributed by atoms with Crippen LogP contribution in [-0.4, -0.2) is 28.6 Å². The summed E-state index contributed by atoms with van der Waals surface area (Å²) in [6.45, 7) is -0.0499. The molecule has 1 aliphatic rings.